The molecule has 1 atom stereocenters. The van der Waals surface area contributed by atoms with Crippen LogP contribution in [0.25, 0.3) is 0 Å². The zero-order chi connectivity index (χ0) is 10.4. The Morgan fingerprint density at radius 1 is 1.64 bits per heavy atom. The molecule has 0 aliphatic carbocycles. The quantitative estimate of drug-likeness (QED) is 0.669. The number of ether oxygens (including phenoxy) is 1. The number of nitrogens with zero attached hydrogens (tertiary/aromatic N) is 1. The maximum Gasteiger partial charge on any atom is 0.307 e. The van der Waals surface area contributed by atoms with Crippen LogP contribution in [0.2, 0.25) is 0 Å². The SMILES string of the molecule is CCOC(=O)CCN1CCCC(O)C1. The van der Waals surface area contributed by atoms with Gasteiger partial charge in [-0.25, -0.2) is 0 Å². The van der Waals surface area contributed by atoms with Crippen molar-refractivity contribution in [1.82, 2.24) is 4.90 Å². The van der Waals surface area contributed by atoms with E-state index in [-0.39, 0.29) is 12.1 Å². The fourth-order valence-electron chi connectivity index (χ4n) is 1.72. The Hall–Kier alpha value is -0.610. The molecule has 1 rings (SSSR count). The molecule has 1 saturated heterocycles. The molecule has 14 heavy (non-hydrogen) atoms. The summed E-state index contributed by atoms with van der Waals surface area (Å²) < 4.78 is 4.83. The summed E-state index contributed by atoms with van der Waals surface area (Å²) >= 11 is 0. The minimum absolute atomic E-state index is 0.146. The summed E-state index contributed by atoms with van der Waals surface area (Å²) in [6, 6.07) is 0. The number of rotatable bonds is 4. The first-order valence-electron chi connectivity index (χ1n) is 5.28. The van der Waals surface area contributed by atoms with Crippen molar-refractivity contribution in [2.45, 2.75) is 32.3 Å². The summed E-state index contributed by atoms with van der Waals surface area (Å²) in [6.45, 7) is 4.63. The van der Waals surface area contributed by atoms with E-state index in [1.54, 1.807) is 0 Å². The minimum atomic E-state index is -0.217. The highest BCUT2D eigenvalue weighted by molar-refractivity contribution is 5.69. The maximum absolute atomic E-state index is 11.1. The summed E-state index contributed by atoms with van der Waals surface area (Å²) in [5.74, 6) is -0.146. The van der Waals surface area contributed by atoms with Crippen LogP contribution in [0.1, 0.15) is 26.2 Å². The standard InChI is InChI=1S/C10H19NO3/c1-2-14-10(13)5-7-11-6-3-4-9(12)8-11/h9,12H,2-8H2,1H3. The molecule has 1 heterocycles. The lowest BCUT2D eigenvalue weighted by molar-refractivity contribution is -0.143. The van der Waals surface area contributed by atoms with Crippen molar-refractivity contribution in [2.75, 3.05) is 26.2 Å². The van der Waals surface area contributed by atoms with Gasteiger partial charge in [0.2, 0.25) is 0 Å². The second-order valence-corrected chi connectivity index (χ2v) is 3.65. The van der Waals surface area contributed by atoms with Crippen molar-refractivity contribution >= 4 is 5.97 Å². The molecule has 1 unspecified atom stereocenters. The van der Waals surface area contributed by atoms with Crippen molar-refractivity contribution in [2.24, 2.45) is 0 Å². The monoisotopic (exact) mass is 201 g/mol. The van der Waals surface area contributed by atoms with Crippen LogP contribution < -0.4 is 0 Å². The Balaban J connectivity index is 2.14. The van der Waals surface area contributed by atoms with Gasteiger partial charge in [-0.15, -0.1) is 0 Å². The first-order valence-corrected chi connectivity index (χ1v) is 5.28. The highest BCUT2D eigenvalue weighted by atomic mass is 16.5. The van der Waals surface area contributed by atoms with Crippen molar-refractivity contribution < 1.29 is 14.6 Å². The van der Waals surface area contributed by atoms with Gasteiger partial charge in [-0.2, -0.15) is 0 Å². The first kappa shape index (κ1) is 11.5. The Labute approximate surface area is 84.8 Å². The van der Waals surface area contributed by atoms with Crippen molar-refractivity contribution in [3.63, 3.8) is 0 Å². The Kier molecular flexibility index (Phi) is 4.90. The molecule has 0 aromatic heterocycles. The molecule has 0 saturated carbocycles. The zero-order valence-corrected chi connectivity index (χ0v) is 8.74. The fourth-order valence-corrected chi connectivity index (χ4v) is 1.72. The van der Waals surface area contributed by atoms with Crippen LogP contribution in [-0.2, 0) is 9.53 Å². The average molecular weight is 201 g/mol. The molecule has 82 valence electrons. The number of carbonyl (C=O) groups excluding carboxylic acids is 1. The van der Waals surface area contributed by atoms with E-state index in [2.05, 4.69) is 4.90 Å². The van der Waals surface area contributed by atoms with E-state index < -0.39 is 0 Å². The lowest BCUT2D eigenvalue weighted by Crippen LogP contribution is -2.39. The van der Waals surface area contributed by atoms with E-state index >= 15 is 0 Å². The van der Waals surface area contributed by atoms with Gasteiger partial charge in [-0.1, -0.05) is 0 Å². The van der Waals surface area contributed by atoms with E-state index in [0.29, 0.717) is 26.1 Å². The van der Waals surface area contributed by atoms with Crippen LogP contribution in [-0.4, -0.2) is 48.3 Å². The van der Waals surface area contributed by atoms with Crippen LogP contribution in [0.15, 0.2) is 0 Å². The third kappa shape index (κ3) is 4.07. The van der Waals surface area contributed by atoms with Gasteiger partial charge in [-0.05, 0) is 26.3 Å². The minimum Gasteiger partial charge on any atom is -0.466 e. The molecule has 0 aromatic carbocycles. The highest BCUT2D eigenvalue weighted by Gasteiger charge is 2.17. The Morgan fingerprint density at radius 2 is 2.43 bits per heavy atom. The second kappa shape index (κ2) is 5.98. The van der Waals surface area contributed by atoms with Gasteiger partial charge in [0, 0.05) is 13.1 Å². The predicted octanol–water partition coefficient (Wildman–Crippen LogP) is 0.396. The summed E-state index contributed by atoms with van der Waals surface area (Å²) in [5.41, 5.74) is 0. The average Bonchev–Trinajstić information content (AvgIpc) is 2.15. The molecular weight excluding hydrogens is 182 g/mol. The number of hydrogen-bond donors (Lipinski definition) is 1. The summed E-state index contributed by atoms with van der Waals surface area (Å²) in [7, 11) is 0. The molecular formula is C10H19NO3. The van der Waals surface area contributed by atoms with E-state index in [1.165, 1.54) is 0 Å². The Bertz CT molecular complexity index is 184. The lowest BCUT2D eigenvalue weighted by atomic mass is 10.1. The number of hydrogen-bond acceptors (Lipinski definition) is 4. The number of piperidine rings is 1. The number of aliphatic hydroxyl groups excluding tert-OH is 1. The number of β-amino-alcohol motifs (C(OH)–C–C–N with tert-alkyl or cyclic N) is 1. The first-order chi connectivity index (χ1) is 6.72. The zero-order valence-electron chi connectivity index (χ0n) is 8.74. The summed E-state index contributed by atoms with van der Waals surface area (Å²) in [4.78, 5) is 13.2. The van der Waals surface area contributed by atoms with Gasteiger partial charge >= 0.3 is 5.97 Å². The van der Waals surface area contributed by atoms with Crippen molar-refractivity contribution in [3.8, 4) is 0 Å². The molecule has 4 nitrogen and oxygen atoms in total. The van der Waals surface area contributed by atoms with Gasteiger partial charge in [0.25, 0.3) is 0 Å². The number of esters is 1. The summed E-state index contributed by atoms with van der Waals surface area (Å²) in [6.07, 6.45) is 2.12. The second-order valence-electron chi connectivity index (χ2n) is 3.65. The molecule has 0 aromatic rings. The van der Waals surface area contributed by atoms with Crippen LogP contribution in [0.5, 0.6) is 0 Å². The van der Waals surface area contributed by atoms with Crippen LogP contribution in [0.3, 0.4) is 0 Å². The molecule has 1 aliphatic heterocycles. The van der Waals surface area contributed by atoms with Crippen LogP contribution in [0, 0.1) is 0 Å². The molecule has 1 aliphatic rings. The number of aliphatic hydroxyl groups is 1. The molecule has 0 radical (unpaired) electrons. The molecule has 1 N–H and O–H groups in total. The molecule has 0 spiro atoms. The third-order valence-corrected chi connectivity index (χ3v) is 2.42. The van der Waals surface area contributed by atoms with Gasteiger partial charge in [0.15, 0.2) is 0 Å². The normalized spacial score (nSPS) is 23.4. The molecule has 4 heteroatoms. The van der Waals surface area contributed by atoms with Crippen LogP contribution in [0.4, 0.5) is 0 Å². The highest BCUT2D eigenvalue weighted by Crippen LogP contribution is 2.09. The van der Waals surface area contributed by atoms with Gasteiger partial charge < -0.3 is 14.7 Å². The van der Waals surface area contributed by atoms with E-state index in [9.17, 15) is 9.90 Å². The maximum atomic E-state index is 11.1. The lowest BCUT2D eigenvalue weighted by Gasteiger charge is -2.29. The van der Waals surface area contributed by atoms with Gasteiger partial charge in [-0.3, -0.25) is 4.79 Å². The van der Waals surface area contributed by atoms with Gasteiger partial charge in [0.1, 0.15) is 0 Å². The topological polar surface area (TPSA) is 49.8 Å². The predicted molar refractivity (Wildman–Crippen MR) is 52.9 cm³/mol. The van der Waals surface area contributed by atoms with Gasteiger partial charge in [0.05, 0.1) is 19.1 Å². The third-order valence-electron chi connectivity index (χ3n) is 2.42. The fraction of sp³-hybridized carbons (Fsp3) is 0.900. The summed E-state index contributed by atoms with van der Waals surface area (Å²) in [5, 5.41) is 9.39. The Morgan fingerprint density at radius 3 is 3.07 bits per heavy atom. The molecule has 1 fully saturated rings. The van der Waals surface area contributed by atoms with E-state index in [1.807, 2.05) is 6.92 Å². The smallest absolute Gasteiger partial charge is 0.307 e. The largest absolute Gasteiger partial charge is 0.466 e. The van der Waals surface area contributed by atoms with Crippen molar-refractivity contribution in [3.05, 3.63) is 0 Å². The van der Waals surface area contributed by atoms with E-state index in [4.69, 9.17) is 4.74 Å². The van der Waals surface area contributed by atoms with Crippen LogP contribution >= 0.6 is 0 Å². The number of carbonyl (C=O) groups is 1. The van der Waals surface area contributed by atoms with E-state index in [0.717, 1.165) is 19.4 Å². The number of likely N-dealkylation sites (tertiary alicyclic amines) is 1. The molecule has 0 amide bonds. The molecule has 0 bridgehead atoms. The van der Waals surface area contributed by atoms with Crippen molar-refractivity contribution in [1.29, 1.82) is 0 Å².